The molecule has 0 aliphatic rings. The Balaban J connectivity index is 1.51. The fraction of sp³-hybridized carbons (Fsp3) is 0.190. The van der Waals surface area contributed by atoms with E-state index in [1.54, 1.807) is 37.8 Å². The third-order valence-electron chi connectivity index (χ3n) is 4.08. The van der Waals surface area contributed by atoms with Crippen LogP contribution in [0.25, 0.3) is 0 Å². The molecule has 0 fully saturated rings. The van der Waals surface area contributed by atoms with Gasteiger partial charge < -0.3 is 15.4 Å². The summed E-state index contributed by atoms with van der Waals surface area (Å²) in [5.41, 5.74) is 2.73. The number of methoxy groups -OCH3 is 1. The average molecular weight is 362 g/mol. The third kappa shape index (κ3) is 5.54. The summed E-state index contributed by atoms with van der Waals surface area (Å²) in [6.07, 6.45) is 5.93. The Hall–Kier alpha value is -3.41. The average Bonchev–Trinajstić information content (AvgIpc) is 2.73. The molecule has 1 amide bonds. The van der Waals surface area contributed by atoms with Gasteiger partial charge in [0.15, 0.2) is 0 Å². The molecule has 0 atom stereocenters. The van der Waals surface area contributed by atoms with E-state index in [0.29, 0.717) is 17.9 Å². The zero-order valence-electron chi connectivity index (χ0n) is 15.2. The standard InChI is InChI=1S/C21H22N4O2/c1-27-19-6-4-16(5-7-19)8-11-23-20-13-18(9-12-24-20)21(26)25-15-17-3-2-10-22-14-17/h2-7,9-10,12-14H,8,11,15H2,1H3,(H,23,24)(H,25,26). The molecule has 3 aromatic rings. The van der Waals surface area contributed by atoms with Gasteiger partial charge in [-0.25, -0.2) is 4.98 Å². The van der Waals surface area contributed by atoms with E-state index in [2.05, 4.69) is 20.6 Å². The molecule has 0 unspecified atom stereocenters. The predicted octanol–water partition coefficient (Wildman–Crippen LogP) is 3.07. The number of anilines is 1. The smallest absolute Gasteiger partial charge is 0.251 e. The second kappa shape index (κ2) is 9.33. The maximum atomic E-state index is 12.3. The van der Waals surface area contributed by atoms with Crippen molar-refractivity contribution in [2.24, 2.45) is 0 Å². The van der Waals surface area contributed by atoms with Crippen LogP contribution in [-0.4, -0.2) is 29.5 Å². The van der Waals surface area contributed by atoms with Gasteiger partial charge in [-0.3, -0.25) is 9.78 Å². The van der Waals surface area contributed by atoms with Crippen molar-refractivity contribution in [1.82, 2.24) is 15.3 Å². The molecule has 0 bridgehead atoms. The molecular weight excluding hydrogens is 340 g/mol. The summed E-state index contributed by atoms with van der Waals surface area (Å²) >= 11 is 0. The van der Waals surface area contributed by atoms with E-state index in [-0.39, 0.29) is 5.91 Å². The van der Waals surface area contributed by atoms with Crippen LogP contribution in [0.2, 0.25) is 0 Å². The highest BCUT2D eigenvalue weighted by Gasteiger charge is 2.07. The number of nitrogens with one attached hydrogen (secondary N) is 2. The number of nitrogens with zero attached hydrogens (tertiary/aromatic N) is 2. The number of carbonyl (C=O) groups excluding carboxylic acids is 1. The van der Waals surface area contributed by atoms with Crippen molar-refractivity contribution in [3.05, 3.63) is 83.8 Å². The van der Waals surface area contributed by atoms with Crippen LogP contribution in [0.1, 0.15) is 21.5 Å². The van der Waals surface area contributed by atoms with Gasteiger partial charge in [-0.2, -0.15) is 0 Å². The van der Waals surface area contributed by atoms with E-state index < -0.39 is 0 Å². The molecule has 6 nitrogen and oxygen atoms in total. The number of benzene rings is 1. The van der Waals surface area contributed by atoms with Gasteiger partial charge in [-0.1, -0.05) is 18.2 Å². The van der Waals surface area contributed by atoms with E-state index in [1.165, 1.54) is 5.56 Å². The highest BCUT2D eigenvalue weighted by molar-refractivity contribution is 5.94. The Kier molecular flexibility index (Phi) is 6.35. The lowest BCUT2D eigenvalue weighted by Crippen LogP contribution is -2.23. The maximum absolute atomic E-state index is 12.3. The van der Waals surface area contributed by atoms with E-state index in [9.17, 15) is 4.79 Å². The van der Waals surface area contributed by atoms with Crippen molar-refractivity contribution >= 4 is 11.7 Å². The predicted molar refractivity (Wildman–Crippen MR) is 105 cm³/mol. The molecule has 1 aromatic carbocycles. The Bertz CT molecular complexity index is 867. The van der Waals surface area contributed by atoms with Gasteiger partial charge in [0, 0.05) is 37.2 Å². The van der Waals surface area contributed by atoms with Gasteiger partial charge in [0.25, 0.3) is 5.91 Å². The highest BCUT2D eigenvalue weighted by atomic mass is 16.5. The quantitative estimate of drug-likeness (QED) is 0.644. The van der Waals surface area contributed by atoms with Crippen molar-refractivity contribution in [1.29, 1.82) is 0 Å². The van der Waals surface area contributed by atoms with Gasteiger partial charge in [0.2, 0.25) is 0 Å². The number of ether oxygens (including phenoxy) is 1. The Morgan fingerprint density at radius 1 is 1.07 bits per heavy atom. The molecule has 0 radical (unpaired) electrons. The third-order valence-corrected chi connectivity index (χ3v) is 4.08. The Morgan fingerprint density at radius 2 is 1.93 bits per heavy atom. The topological polar surface area (TPSA) is 76.1 Å². The van der Waals surface area contributed by atoms with E-state index in [1.807, 2.05) is 36.4 Å². The lowest BCUT2D eigenvalue weighted by molar-refractivity contribution is 0.0951. The van der Waals surface area contributed by atoms with E-state index >= 15 is 0 Å². The molecule has 27 heavy (non-hydrogen) atoms. The maximum Gasteiger partial charge on any atom is 0.251 e. The second-order valence-electron chi connectivity index (χ2n) is 6.00. The molecule has 0 saturated heterocycles. The van der Waals surface area contributed by atoms with Crippen molar-refractivity contribution < 1.29 is 9.53 Å². The number of aromatic nitrogens is 2. The minimum Gasteiger partial charge on any atom is -0.497 e. The molecule has 2 aromatic heterocycles. The molecule has 6 heteroatoms. The van der Waals surface area contributed by atoms with Gasteiger partial charge in [-0.15, -0.1) is 0 Å². The van der Waals surface area contributed by atoms with Crippen LogP contribution in [0.4, 0.5) is 5.82 Å². The van der Waals surface area contributed by atoms with Crippen LogP contribution in [0.15, 0.2) is 67.1 Å². The number of rotatable bonds is 8. The van der Waals surface area contributed by atoms with Gasteiger partial charge in [0.05, 0.1) is 7.11 Å². The SMILES string of the molecule is COc1ccc(CCNc2cc(C(=O)NCc3cccnc3)ccn2)cc1. The molecule has 3 rings (SSSR count). The van der Waals surface area contributed by atoms with Crippen LogP contribution in [0, 0.1) is 0 Å². The molecule has 0 spiro atoms. The summed E-state index contributed by atoms with van der Waals surface area (Å²) in [7, 11) is 1.65. The normalized spacial score (nSPS) is 10.3. The molecule has 0 aliphatic heterocycles. The van der Waals surface area contributed by atoms with Crippen molar-refractivity contribution in [2.75, 3.05) is 19.0 Å². The molecule has 138 valence electrons. The minimum atomic E-state index is -0.139. The highest BCUT2D eigenvalue weighted by Crippen LogP contribution is 2.12. The van der Waals surface area contributed by atoms with Gasteiger partial charge >= 0.3 is 0 Å². The number of hydrogen-bond acceptors (Lipinski definition) is 5. The number of amides is 1. The van der Waals surface area contributed by atoms with E-state index in [0.717, 1.165) is 24.3 Å². The van der Waals surface area contributed by atoms with Crippen LogP contribution in [-0.2, 0) is 13.0 Å². The summed E-state index contributed by atoms with van der Waals surface area (Å²) in [6.45, 7) is 1.16. The monoisotopic (exact) mass is 362 g/mol. The Labute approximate surface area is 158 Å². The summed E-state index contributed by atoms with van der Waals surface area (Å²) in [5, 5.41) is 6.15. The largest absolute Gasteiger partial charge is 0.497 e. The summed E-state index contributed by atoms with van der Waals surface area (Å²) in [4.78, 5) is 20.6. The summed E-state index contributed by atoms with van der Waals surface area (Å²) in [6, 6.07) is 15.2. The molecule has 2 heterocycles. The number of pyridine rings is 2. The molecular formula is C21H22N4O2. The summed E-state index contributed by atoms with van der Waals surface area (Å²) < 4.78 is 5.16. The van der Waals surface area contributed by atoms with Crippen molar-refractivity contribution in [3.8, 4) is 5.75 Å². The molecule has 0 aliphatic carbocycles. The number of hydrogen-bond donors (Lipinski definition) is 2. The second-order valence-corrected chi connectivity index (χ2v) is 6.00. The van der Waals surface area contributed by atoms with Gasteiger partial charge in [-0.05, 0) is 47.9 Å². The molecule has 2 N–H and O–H groups in total. The van der Waals surface area contributed by atoms with E-state index in [4.69, 9.17) is 4.74 Å². The lowest BCUT2D eigenvalue weighted by Gasteiger charge is -2.09. The van der Waals surface area contributed by atoms with Crippen LogP contribution in [0.3, 0.4) is 0 Å². The van der Waals surface area contributed by atoms with Crippen molar-refractivity contribution in [3.63, 3.8) is 0 Å². The first-order valence-electron chi connectivity index (χ1n) is 8.74. The lowest BCUT2D eigenvalue weighted by atomic mass is 10.1. The van der Waals surface area contributed by atoms with Crippen LogP contribution >= 0.6 is 0 Å². The summed E-state index contributed by atoms with van der Waals surface area (Å²) in [5.74, 6) is 1.38. The first-order chi connectivity index (χ1) is 13.2. The number of carbonyl (C=O) groups is 1. The Morgan fingerprint density at radius 3 is 2.67 bits per heavy atom. The van der Waals surface area contributed by atoms with Crippen LogP contribution < -0.4 is 15.4 Å². The zero-order chi connectivity index (χ0) is 18.9. The first-order valence-corrected chi connectivity index (χ1v) is 8.74. The first kappa shape index (κ1) is 18.4. The molecule has 0 saturated carbocycles. The van der Waals surface area contributed by atoms with Crippen LogP contribution in [0.5, 0.6) is 5.75 Å². The minimum absolute atomic E-state index is 0.139. The fourth-order valence-electron chi connectivity index (χ4n) is 2.58. The zero-order valence-corrected chi connectivity index (χ0v) is 15.2. The fourth-order valence-corrected chi connectivity index (χ4v) is 2.58. The van der Waals surface area contributed by atoms with Crippen molar-refractivity contribution in [2.45, 2.75) is 13.0 Å². The van der Waals surface area contributed by atoms with Gasteiger partial charge in [0.1, 0.15) is 11.6 Å².